The van der Waals surface area contributed by atoms with Crippen molar-refractivity contribution in [3.05, 3.63) is 108 Å². The zero-order chi connectivity index (χ0) is 20.7. The highest BCUT2D eigenvalue weighted by Gasteiger charge is 2.40. The molecule has 1 atom stereocenters. The first-order valence-corrected chi connectivity index (χ1v) is 11.3. The molecule has 1 heterocycles. The second-order valence-electron chi connectivity index (χ2n) is 8.73. The zero-order valence-electron chi connectivity index (χ0n) is 17.8. The van der Waals surface area contributed by atoms with E-state index < -0.39 is 5.60 Å². The van der Waals surface area contributed by atoms with Crippen molar-refractivity contribution in [2.45, 2.75) is 50.2 Å². The van der Waals surface area contributed by atoms with Gasteiger partial charge >= 0.3 is 0 Å². The quantitative estimate of drug-likeness (QED) is 0.556. The van der Waals surface area contributed by atoms with Crippen LogP contribution in [0.5, 0.6) is 0 Å². The first-order chi connectivity index (χ1) is 14.7. The number of likely N-dealkylation sites (tertiary alicyclic amines) is 1. The Morgan fingerprint density at radius 2 is 1.07 bits per heavy atom. The molecule has 156 valence electrons. The lowest BCUT2D eigenvalue weighted by atomic mass is 9.78. The number of rotatable bonds is 8. The van der Waals surface area contributed by atoms with Crippen LogP contribution in [0.25, 0.3) is 0 Å². The van der Waals surface area contributed by atoms with Gasteiger partial charge in [-0.25, -0.2) is 0 Å². The van der Waals surface area contributed by atoms with E-state index in [2.05, 4.69) is 83.8 Å². The number of aliphatic hydroxyl groups is 1. The van der Waals surface area contributed by atoms with Gasteiger partial charge in [0.2, 0.25) is 0 Å². The Balaban J connectivity index is 1.70. The van der Waals surface area contributed by atoms with Crippen LogP contribution in [0.3, 0.4) is 0 Å². The lowest BCUT2D eigenvalue weighted by Gasteiger charge is -2.45. The number of piperidine rings is 1. The van der Waals surface area contributed by atoms with E-state index in [1.165, 1.54) is 36.0 Å². The van der Waals surface area contributed by atoms with Gasteiger partial charge in [0.25, 0.3) is 0 Å². The molecule has 2 nitrogen and oxygen atoms in total. The topological polar surface area (TPSA) is 23.5 Å². The van der Waals surface area contributed by atoms with Crippen LogP contribution in [0.2, 0.25) is 0 Å². The Labute approximate surface area is 181 Å². The van der Waals surface area contributed by atoms with Crippen LogP contribution in [0.15, 0.2) is 91.0 Å². The van der Waals surface area contributed by atoms with Crippen molar-refractivity contribution in [2.75, 3.05) is 13.1 Å². The van der Waals surface area contributed by atoms with Crippen molar-refractivity contribution in [1.29, 1.82) is 0 Å². The second-order valence-corrected chi connectivity index (χ2v) is 8.73. The lowest BCUT2D eigenvalue weighted by molar-refractivity contribution is -0.0530. The molecule has 4 rings (SSSR count). The van der Waals surface area contributed by atoms with E-state index in [0.29, 0.717) is 12.8 Å². The smallest absolute Gasteiger partial charge is 0.0885 e. The largest absolute Gasteiger partial charge is 0.388 e. The minimum Gasteiger partial charge on any atom is -0.388 e. The summed E-state index contributed by atoms with van der Waals surface area (Å²) in [6.07, 6.45) is 5.94. The van der Waals surface area contributed by atoms with Gasteiger partial charge in [-0.05, 0) is 49.0 Å². The third kappa shape index (κ3) is 5.38. The Morgan fingerprint density at radius 3 is 1.53 bits per heavy atom. The molecular formula is C28H33NO. The van der Waals surface area contributed by atoms with Gasteiger partial charge in [-0.3, -0.25) is 4.90 Å². The fourth-order valence-corrected chi connectivity index (χ4v) is 4.92. The van der Waals surface area contributed by atoms with E-state index in [1.54, 1.807) is 0 Å². The molecule has 0 aromatic heterocycles. The number of hydrogen-bond donors (Lipinski definition) is 1. The Morgan fingerprint density at radius 1 is 0.633 bits per heavy atom. The Kier molecular flexibility index (Phi) is 6.99. The van der Waals surface area contributed by atoms with Crippen LogP contribution in [0, 0.1) is 0 Å². The predicted octanol–water partition coefficient (Wildman–Crippen LogP) is 5.30. The molecule has 1 aliphatic rings. The summed E-state index contributed by atoms with van der Waals surface area (Å²) in [4.78, 5) is 2.56. The molecule has 0 saturated carbocycles. The molecule has 30 heavy (non-hydrogen) atoms. The average molecular weight is 400 g/mol. The summed E-state index contributed by atoms with van der Waals surface area (Å²) in [6, 6.07) is 31.7. The summed E-state index contributed by atoms with van der Waals surface area (Å²) in [5.41, 5.74) is 2.86. The highest BCUT2D eigenvalue weighted by atomic mass is 16.3. The van der Waals surface area contributed by atoms with Gasteiger partial charge in [0.1, 0.15) is 0 Å². The van der Waals surface area contributed by atoms with Gasteiger partial charge in [0.05, 0.1) is 5.60 Å². The molecule has 0 spiro atoms. The standard InChI is InChI=1S/C28H33NO/c30-28(22-25-15-7-2-8-16-25,23-26-17-9-3-10-18-26)27(29-19-11-4-12-20-29)21-24-13-5-1-6-14-24/h1-3,5-10,13-18,27,30H,4,11-12,19-23H2/t27-/m0/s1. The summed E-state index contributed by atoms with van der Waals surface area (Å²) < 4.78 is 0. The molecule has 3 aromatic carbocycles. The van der Waals surface area contributed by atoms with Gasteiger partial charge in [-0.15, -0.1) is 0 Å². The fourth-order valence-electron chi connectivity index (χ4n) is 4.92. The van der Waals surface area contributed by atoms with Crippen molar-refractivity contribution in [1.82, 2.24) is 4.90 Å². The molecule has 1 aliphatic heterocycles. The zero-order valence-corrected chi connectivity index (χ0v) is 17.8. The molecule has 0 bridgehead atoms. The second kappa shape index (κ2) is 10.1. The number of hydrogen-bond acceptors (Lipinski definition) is 2. The minimum atomic E-state index is -0.837. The van der Waals surface area contributed by atoms with Gasteiger partial charge in [0, 0.05) is 18.9 Å². The number of benzene rings is 3. The van der Waals surface area contributed by atoms with E-state index in [0.717, 1.165) is 19.5 Å². The van der Waals surface area contributed by atoms with Crippen molar-refractivity contribution in [3.8, 4) is 0 Å². The van der Waals surface area contributed by atoms with E-state index in [-0.39, 0.29) is 6.04 Å². The van der Waals surface area contributed by atoms with E-state index in [4.69, 9.17) is 0 Å². The van der Waals surface area contributed by atoms with Crippen molar-refractivity contribution < 1.29 is 5.11 Å². The van der Waals surface area contributed by atoms with Crippen LogP contribution >= 0.6 is 0 Å². The molecule has 1 fully saturated rings. The Bertz CT molecular complexity index is 831. The summed E-state index contributed by atoms with van der Waals surface area (Å²) in [7, 11) is 0. The molecule has 1 N–H and O–H groups in total. The van der Waals surface area contributed by atoms with Crippen molar-refractivity contribution in [3.63, 3.8) is 0 Å². The highest BCUT2D eigenvalue weighted by Crippen LogP contribution is 2.31. The SMILES string of the molecule is OC(Cc1ccccc1)(Cc1ccccc1)[C@H](Cc1ccccc1)N1CCCCC1. The van der Waals surface area contributed by atoms with E-state index in [9.17, 15) is 5.11 Å². The van der Waals surface area contributed by atoms with E-state index >= 15 is 0 Å². The third-order valence-electron chi connectivity index (χ3n) is 6.43. The fraction of sp³-hybridized carbons (Fsp3) is 0.357. The predicted molar refractivity (Wildman–Crippen MR) is 125 cm³/mol. The van der Waals surface area contributed by atoms with Gasteiger partial charge in [0.15, 0.2) is 0 Å². The minimum absolute atomic E-state index is 0.0839. The maximum absolute atomic E-state index is 12.3. The van der Waals surface area contributed by atoms with E-state index in [1.807, 2.05) is 12.1 Å². The maximum Gasteiger partial charge on any atom is 0.0885 e. The Hall–Kier alpha value is -2.42. The van der Waals surface area contributed by atoms with Crippen molar-refractivity contribution in [2.24, 2.45) is 0 Å². The van der Waals surface area contributed by atoms with Crippen LogP contribution in [-0.4, -0.2) is 34.7 Å². The van der Waals surface area contributed by atoms with Crippen molar-refractivity contribution >= 4 is 0 Å². The van der Waals surface area contributed by atoms with Gasteiger partial charge in [-0.2, -0.15) is 0 Å². The first-order valence-electron chi connectivity index (χ1n) is 11.3. The van der Waals surface area contributed by atoms with Crippen LogP contribution in [-0.2, 0) is 19.3 Å². The normalized spacial score (nSPS) is 16.3. The maximum atomic E-state index is 12.3. The molecule has 0 radical (unpaired) electrons. The number of nitrogens with zero attached hydrogens (tertiary/aromatic N) is 1. The monoisotopic (exact) mass is 399 g/mol. The third-order valence-corrected chi connectivity index (χ3v) is 6.43. The summed E-state index contributed by atoms with van der Waals surface area (Å²) >= 11 is 0. The van der Waals surface area contributed by atoms with Crippen LogP contribution in [0.4, 0.5) is 0 Å². The summed E-state index contributed by atoms with van der Waals surface area (Å²) in [5, 5.41) is 12.3. The molecular weight excluding hydrogens is 366 g/mol. The first kappa shape index (κ1) is 20.8. The molecule has 0 aliphatic carbocycles. The molecule has 1 saturated heterocycles. The van der Waals surface area contributed by atoms with Crippen LogP contribution in [0.1, 0.15) is 36.0 Å². The highest BCUT2D eigenvalue weighted by molar-refractivity contribution is 5.25. The lowest BCUT2D eigenvalue weighted by Crippen LogP contribution is -2.57. The summed E-state index contributed by atoms with van der Waals surface area (Å²) in [5.74, 6) is 0. The molecule has 2 heteroatoms. The van der Waals surface area contributed by atoms with Gasteiger partial charge in [-0.1, -0.05) is 97.4 Å². The van der Waals surface area contributed by atoms with Crippen LogP contribution < -0.4 is 0 Å². The summed E-state index contributed by atoms with van der Waals surface area (Å²) in [6.45, 7) is 2.15. The molecule has 3 aromatic rings. The molecule has 0 amide bonds. The average Bonchev–Trinajstić information content (AvgIpc) is 2.80. The van der Waals surface area contributed by atoms with Gasteiger partial charge < -0.3 is 5.11 Å². The molecule has 0 unspecified atom stereocenters.